The Hall–Kier alpha value is -1.04. The molecule has 2 fully saturated rings. The maximum atomic E-state index is 13.0. The SMILES string of the molecule is CC(C)Oc1cccnc1C(=O)N1C2CCNCC1CC2.Cl.Cl. The molecular formula is C16H25Cl2N3O2. The fourth-order valence-corrected chi connectivity index (χ4v) is 3.34. The van der Waals surface area contributed by atoms with E-state index in [0.717, 1.165) is 32.4 Å². The molecule has 2 atom stereocenters. The minimum atomic E-state index is 0. The molecule has 0 aromatic carbocycles. The fraction of sp³-hybridized carbons (Fsp3) is 0.625. The summed E-state index contributed by atoms with van der Waals surface area (Å²) in [6.45, 7) is 5.79. The second-order valence-electron chi connectivity index (χ2n) is 6.11. The molecule has 2 unspecified atom stereocenters. The van der Waals surface area contributed by atoms with Crippen LogP contribution in [0.1, 0.15) is 43.6 Å². The number of nitrogens with zero attached hydrogens (tertiary/aromatic N) is 2. The lowest BCUT2D eigenvalue weighted by Gasteiger charge is -2.28. The molecule has 1 N–H and O–H groups in total. The number of hydrogen-bond acceptors (Lipinski definition) is 4. The third-order valence-electron chi connectivity index (χ3n) is 4.22. The van der Waals surface area contributed by atoms with Crippen LogP contribution >= 0.6 is 24.8 Å². The minimum absolute atomic E-state index is 0. The van der Waals surface area contributed by atoms with Gasteiger partial charge in [0.2, 0.25) is 0 Å². The van der Waals surface area contributed by atoms with E-state index in [1.807, 2.05) is 30.9 Å². The predicted octanol–water partition coefficient (Wildman–Crippen LogP) is 2.68. The first-order valence-electron chi connectivity index (χ1n) is 7.82. The molecule has 0 radical (unpaired) electrons. The number of carbonyl (C=O) groups excluding carboxylic acids is 1. The maximum absolute atomic E-state index is 13.0. The van der Waals surface area contributed by atoms with Crippen LogP contribution < -0.4 is 10.1 Å². The molecule has 2 aliphatic heterocycles. The zero-order chi connectivity index (χ0) is 14.8. The highest BCUT2D eigenvalue weighted by molar-refractivity contribution is 5.95. The van der Waals surface area contributed by atoms with E-state index in [4.69, 9.17) is 4.74 Å². The molecular weight excluding hydrogens is 337 g/mol. The number of nitrogens with one attached hydrogen (secondary N) is 1. The van der Waals surface area contributed by atoms with Gasteiger partial charge in [-0.2, -0.15) is 0 Å². The Morgan fingerprint density at radius 1 is 1.30 bits per heavy atom. The van der Waals surface area contributed by atoms with Crippen molar-refractivity contribution in [2.24, 2.45) is 0 Å². The summed E-state index contributed by atoms with van der Waals surface area (Å²) in [6.07, 6.45) is 4.90. The molecule has 23 heavy (non-hydrogen) atoms. The topological polar surface area (TPSA) is 54.5 Å². The van der Waals surface area contributed by atoms with Gasteiger partial charge in [0.15, 0.2) is 11.4 Å². The zero-order valence-corrected chi connectivity index (χ0v) is 15.2. The smallest absolute Gasteiger partial charge is 0.276 e. The molecule has 1 aromatic heterocycles. The largest absolute Gasteiger partial charge is 0.489 e. The summed E-state index contributed by atoms with van der Waals surface area (Å²) < 4.78 is 5.75. The van der Waals surface area contributed by atoms with E-state index in [1.54, 1.807) is 6.20 Å². The number of halogens is 2. The van der Waals surface area contributed by atoms with Crippen LogP contribution in [0.25, 0.3) is 0 Å². The minimum Gasteiger partial charge on any atom is -0.489 e. The van der Waals surface area contributed by atoms with Gasteiger partial charge in [-0.05, 0) is 51.8 Å². The van der Waals surface area contributed by atoms with Gasteiger partial charge in [-0.1, -0.05) is 0 Å². The molecule has 130 valence electrons. The van der Waals surface area contributed by atoms with E-state index in [-0.39, 0.29) is 36.8 Å². The molecule has 3 rings (SSSR count). The van der Waals surface area contributed by atoms with Gasteiger partial charge in [-0.15, -0.1) is 24.8 Å². The summed E-state index contributed by atoms with van der Waals surface area (Å²) in [4.78, 5) is 19.3. The van der Waals surface area contributed by atoms with E-state index in [0.29, 0.717) is 23.5 Å². The van der Waals surface area contributed by atoms with Gasteiger partial charge in [0.05, 0.1) is 6.10 Å². The monoisotopic (exact) mass is 361 g/mol. The fourth-order valence-electron chi connectivity index (χ4n) is 3.34. The standard InChI is InChI=1S/C16H23N3O2.2ClH/c1-11(2)21-14-4-3-8-18-15(14)16(20)19-12-5-6-13(19)10-17-9-7-12;;/h3-4,8,11-13,17H,5-7,9-10H2,1-2H3;2*1H. The lowest BCUT2D eigenvalue weighted by Crippen LogP contribution is -2.43. The van der Waals surface area contributed by atoms with E-state index < -0.39 is 0 Å². The first-order chi connectivity index (χ1) is 10.2. The number of amides is 1. The molecule has 2 saturated heterocycles. The third kappa shape index (κ3) is 4.28. The summed E-state index contributed by atoms with van der Waals surface area (Å²) in [5, 5.41) is 3.42. The number of carbonyl (C=O) groups is 1. The average Bonchev–Trinajstić information content (AvgIpc) is 2.71. The van der Waals surface area contributed by atoms with Crippen molar-refractivity contribution < 1.29 is 9.53 Å². The Kier molecular flexibility index (Phi) is 7.58. The van der Waals surface area contributed by atoms with Gasteiger partial charge in [0, 0.05) is 24.8 Å². The predicted molar refractivity (Wildman–Crippen MR) is 95.0 cm³/mol. The van der Waals surface area contributed by atoms with Crippen LogP contribution in [0.4, 0.5) is 0 Å². The Labute approximate surface area is 150 Å². The van der Waals surface area contributed by atoms with Crippen molar-refractivity contribution in [2.75, 3.05) is 13.1 Å². The highest BCUT2D eigenvalue weighted by Gasteiger charge is 2.39. The number of rotatable bonds is 3. The summed E-state index contributed by atoms with van der Waals surface area (Å²) in [5.41, 5.74) is 0.449. The van der Waals surface area contributed by atoms with Crippen molar-refractivity contribution in [1.29, 1.82) is 0 Å². The van der Waals surface area contributed by atoms with E-state index in [1.165, 1.54) is 0 Å². The first-order valence-corrected chi connectivity index (χ1v) is 7.82. The summed E-state index contributed by atoms with van der Waals surface area (Å²) in [6, 6.07) is 4.27. The molecule has 2 bridgehead atoms. The van der Waals surface area contributed by atoms with Crippen molar-refractivity contribution in [3.63, 3.8) is 0 Å². The number of pyridine rings is 1. The Morgan fingerprint density at radius 3 is 2.78 bits per heavy atom. The van der Waals surface area contributed by atoms with Crippen LogP contribution in [0.5, 0.6) is 5.75 Å². The number of aromatic nitrogens is 1. The normalized spacial score (nSPS) is 22.8. The van der Waals surface area contributed by atoms with Crippen LogP contribution in [0, 0.1) is 0 Å². The number of ether oxygens (including phenoxy) is 1. The van der Waals surface area contributed by atoms with Gasteiger partial charge in [0.25, 0.3) is 5.91 Å². The van der Waals surface area contributed by atoms with Crippen LogP contribution in [0.3, 0.4) is 0 Å². The van der Waals surface area contributed by atoms with Gasteiger partial charge in [-0.3, -0.25) is 4.79 Å². The summed E-state index contributed by atoms with van der Waals surface area (Å²) in [5.74, 6) is 0.608. The molecule has 3 heterocycles. The maximum Gasteiger partial charge on any atom is 0.276 e. The van der Waals surface area contributed by atoms with Crippen LogP contribution in [0.15, 0.2) is 18.3 Å². The summed E-state index contributed by atoms with van der Waals surface area (Å²) >= 11 is 0. The molecule has 0 saturated carbocycles. The molecule has 0 spiro atoms. The van der Waals surface area contributed by atoms with E-state index in [9.17, 15) is 4.79 Å². The van der Waals surface area contributed by atoms with Crippen molar-refractivity contribution in [1.82, 2.24) is 15.2 Å². The number of hydrogen-bond donors (Lipinski definition) is 1. The Balaban J connectivity index is 0.00000132. The van der Waals surface area contributed by atoms with E-state index in [2.05, 4.69) is 10.3 Å². The lowest BCUT2D eigenvalue weighted by atomic mass is 10.1. The van der Waals surface area contributed by atoms with Crippen LogP contribution in [-0.2, 0) is 0 Å². The van der Waals surface area contributed by atoms with Crippen molar-refractivity contribution in [2.45, 2.75) is 51.3 Å². The molecule has 1 aromatic rings. The second kappa shape index (κ2) is 8.71. The van der Waals surface area contributed by atoms with Gasteiger partial charge >= 0.3 is 0 Å². The zero-order valence-electron chi connectivity index (χ0n) is 13.5. The lowest BCUT2D eigenvalue weighted by molar-refractivity contribution is 0.0667. The van der Waals surface area contributed by atoms with Gasteiger partial charge in [-0.25, -0.2) is 4.98 Å². The van der Waals surface area contributed by atoms with Crippen molar-refractivity contribution >= 4 is 30.7 Å². The highest BCUT2D eigenvalue weighted by atomic mass is 35.5. The molecule has 0 aliphatic carbocycles. The van der Waals surface area contributed by atoms with Crippen molar-refractivity contribution in [3.05, 3.63) is 24.0 Å². The van der Waals surface area contributed by atoms with Gasteiger partial charge < -0.3 is 15.0 Å². The number of fused-ring (bicyclic) bond motifs is 2. The quantitative estimate of drug-likeness (QED) is 0.898. The third-order valence-corrected chi connectivity index (χ3v) is 4.22. The van der Waals surface area contributed by atoms with E-state index >= 15 is 0 Å². The summed E-state index contributed by atoms with van der Waals surface area (Å²) in [7, 11) is 0. The highest BCUT2D eigenvalue weighted by Crippen LogP contribution is 2.31. The molecule has 1 amide bonds. The van der Waals surface area contributed by atoms with Crippen LogP contribution in [-0.4, -0.2) is 47.1 Å². The van der Waals surface area contributed by atoms with Crippen molar-refractivity contribution in [3.8, 4) is 5.75 Å². The first kappa shape index (κ1) is 20.0. The Morgan fingerprint density at radius 2 is 2.04 bits per heavy atom. The second-order valence-corrected chi connectivity index (χ2v) is 6.11. The Bertz CT molecular complexity index is 514. The molecule has 5 nitrogen and oxygen atoms in total. The van der Waals surface area contributed by atoms with Gasteiger partial charge in [0.1, 0.15) is 0 Å². The van der Waals surface area contributed by atoms with Crippen LogP contribution in [0.2, 0.25) is 0 Å². The molecule has 7 heteroatoms. The molecule has 2 aliphatic rings. The average molecular weight is 362 g/mol.